The summed E-state index contributed by atoms with van der Waals surface area (Å²) in [5.74, 6) is 0.517. The van der Waals surface area contributed by atoms with Crippen LogP contribution in [0.3, 0.4) is 0 Å². The fourth-order valence-corrected chi connectivity index (χ4v) is 2.84. The highest BCUT2D eigenvalue weighted by Gasteiger charge is 2.10. The number of amides is 1. The molecule has 24 heavy (non-hydrogen) atoms. The molecule has 0 saturated carbocycles. The zero-order chi connectivity index (χ0) is 17.4. The lowest BCUT2D eigenvalue weighted by molar-refractivity contribution is -0.385. The Balaban J connectivity index is 1.74. The first-order valence-corrected chi connectivity index (χ1v) is 8.34. The van der Waals surface area contributed by atoms with Gasteiger partial charge in [-0.1, -0.05) is 18.2 Å². The highest BCUT2D eigenvalue weighted by molar-refractivity contribution is 7.99. The summed E-state index contributed by atoms with van der Waals surface area (Å²) < 4.78 is 1.03. The van der Waals surface area contributed by atoms with E-state index in [1.807, 2.05) is 30.3 Å². The topological polar surface area (TPSA) is 94.2 Å². The number of carbonyl (C=O) groups is 1. The Bertz CT molecular complexity index is 761. The van der Waals surface area contributed by atoms with Crippen molar-refractivity contribution < 1.29 is 9.72 Å². The van der Waals surface area contributed by atoms with Gasteiger partial charge in [0.15, 0.2) is 0 Å². The fraction of sp³-hybridized carbons (Fsp3) is 0.250. The van der Waals surface area contributed by atoms with Gasteiger partial charge in [-0.3, -0.25) is 24.3 Å². The van der Waals surface area contributed by atoms with Crippen LogP contribution in [0.4, 0.5) is 5.69 Å². The quantitative estimate of drug-likeness (QED) is 0.341. The van der Waals surface area contributed by atoms with Gasteiger partial charge in [0, 0.05) is 23.6 Å². The van der Waals surface area contributed by atoms with Gasteiger partial charge in [0.2, 0.25) is 5.91 Å². The van der Waals surface area contributed by atoms with Crippen molar-refractivity contribution in [3.8, 4) is 0 Å². The maximum Gasteiger partial charge on any atom is 0.285 e. The summed E-state index contributed by atoms with van der Waals surface area (Å²) in [6, 6.07) is 12.2. The maximum absolute atomic E-state index is 11.8. The van der Waals surface area contributed by atoms with E-state index >= 15 is 0 Å². The van der Waals surface area contributed by atoms with Gasteiger partial charge >= 0.3 is 0 Å². The molecule has 0 aliphatic carbocycles. The van der Waals surface area contributed by atoms with E-state index in [1.54, 1.807) is 11.8 Å². The molecule has 0 aliphatic heterocycles. The summed E-state index contributed by atoms with van der Waals surface area (Å²) in [4.78, 5) is 34.7. The second kappa shape index (κ2) is 8.88. The standard InChI is InChI=1S/C16H17N3O4S/c20-15(12-18-11-13(19(22)23)7-8-16(18)21)17-9-4-10-24-14-5-2-1-3-6-14/h1-3,5-8,11H,4,9-10,12H2,(H,17,20). The van der Waals surface area contributed by atoms with Crippen LogP contribution in [0.1, 0.15) is 6.42 Å². The molecule has 1 heterocycles. The van der Waals surface area contributed by atoms with E-state index in [0.717, 1.165) is 35.1 Å². The van der Waals surface area contributed by atoms with Crippen molar-refractivity contribution in [2.45, 2.75) is 17.9 Å². The lowest BCUT2D eigenvalue weighted by atomic mass is 10.4. The lowest BCUT2D eigenvalue weighted by Gasteiger charge is -2.07. The third kappa shape index (κ3) is 5.54. The summed E-state index contributed by atoms with van der Waals surface area (Å²) >= 11 is 1.70. The molecule has 7 nitrogen and oxygen atoms in total. The van der Waals surface area contributed by atoms with E-state index in [4.69, 9.17) is 0 Å². The number of nitrogens with zero attached hydrogens (tertiary/aromatic N) is 2. The molecule has 1 N–H and O–H groups in total. The molecule has 0 spiro atoms. The van der Waals surface area contributed by atoms with Gasteiger partial charge in [0.1, 0.15) is 6.54 Å². The Morgan fingerprint density at radius 3 is 2.67 bits per heavy atom. The van der Waals surface area contributed by atoms with E-state index in [-0.39, 0.29) is 18.1 Å². The highest BCUT2D eigenvalue weighted by atomic mass is 32.2. The van der Waals surface area contributed by atoms with E-state index in [1.165, 1.54) is 4.90 Å². The molecule has 0 fully saturated rings. The van der Waals surface area contributed by atoms with Crippen molar-refractivity contribution >= 4 is 23.4 Å². The van der Waals surface area contributed by atoms with E-state index in [0.29, 0.717) is 6.54 Å². The molecule has 0 saturated heterocycles. The van der Waals surface area contributed by atoms with Crippen LogP contribution in [-0.2, 0) is 11.3 Å². The zero-order valence-corrected chi connectivity index (χ0v) is 13.7. The summed E-state index contributed by atoms with van der Waals surface area (Å²) in [5.41, 5.74) is -0.669. The molecular formula is C16H17N3O4S. The first kappa shape index (κ1) is 17.7. The molecular weight excluding hydrogens is 330 g/mol. The number of thioether (sulfide) groups is 1. The van der Waals surface area contributed by atoms with Gasteiger partial charge in [0.25, 0.3) is 11.2 Å². The average Bonchev–Trinajstić information content (AvgIpc) is 2.57. The fourth-order valence-electron chi connectivity index (χ4n) is 1.97. The predicted molar refractivity (Wildman–Crippen MR) is 92.1 cm³/mol. The maximum atomic E-state index is 11.8. The summed E-state index contributed by atoms with van der Waals surface area (Å²) in [6.07, 6.45) is 1.86. The number of nitrogens with one attached hydrogen (secondary N) is 1. The predicted octanol–water partition coefficient (Wildman–Crippen LogP) is 2.06. The third-order valence-corrected chi connectivity index (χ3v) is 4.25. The van der Waals surface area contributed by atoms with E-state index < -0.39 is 10.5 Å². The Morgan fingerprint density at radius 1 is 1.21 bits per heavy atom. The van der Waals surface area contributed by atoms with Gasteiger partial charge in [-0.25, -0.2) is 0 Å². The molecule has 1 aromatic heterocycles. The summed E-state index contributed by atoms with van der Waals surface area (Å²) in [7, 11) is 0. The minimum Gasteiger partial charge on any atom is -0.355 e. The Labute approximate surface area is 142 Å². The first-order valence-electron chi connectivity index (χ1n) is 7.35. The molecule has 126 valence electrons. The molecule has 0 radical (unpaired) electrons. The second-order valence-electron chi connectivity index (χ2n) is 4.98. The monoisotopic (exact) mass is 347 g/mol. The zero-order valence-electron chi connectivity index (χ0n) is 12.9. The Kier molecular flexibility index (Phi) is 6.56. The van der Waals surface area contributed by atoms with Crippen LogP contribution >= 0.6 is 11.8 Å². The number of carbonyl (C=O) groups excluding carboxylic acids is 1. The molecule has 0 unspecified atom stereocenters. The molecule has 1 aromatic carbocycles. The molecule has 2 aromatic rings. The van der Waals surface area contributed by atoms with E-state index in [2.05, 4.69) is 5.32 Å². The molecule has 2 rings (SSSR count). The van der Waals surface area contributed by atoms with Crippen molar-refractivity contribution in [2.75, 3.05) is 12.3 Å². The Hall–Kier alpha value is -2.61. The SMILES string of the molecule is O=C(Cn1cc([N+](=O)[O-])ccc1=O)NCCCSc1ccccc1. The first-order chi connectivity index (χ1) is 11.6. The van der Waals surface area contributed by atoms with Crippen LogP contribution in [-0.4, -0.2) is 27.7 Å². The number of aromatic nitrogens is 1. The molecule has 0 bridgehead atoms. The summed E-state index contributed by atoms with van der Waals surface area (Å²) in [5, 5.41) is 13.4. The van der Waals surface area contributed by atoms with Gasteiger partial charge < -0.3 is 5.32 Å². The van der Waals surface area contributed by atoms with E-state index in [9.17, 15) is 19.7 Å². The van der Waals surface area contributed by atoms with Crippen LogP contribution < -0.4 is 10.9 Å². The van der Waals surface area contributed by atoms with Crippen LogP contribution in [0.5, 0.6) is 0 Å². The normalized spacial score (nSPS) is 10.3. The van der Waals surface area contributed by atoms with Crippen molar-refractivity contribution in [3.05, 3.63) is 69.1 Å². The number of pyridine rings is 1. The van der Waals surface area contributed by atoms with Crippen molar-refractivity contribution in [3.63, 3.8) is 0 Å². The van der Waals surface area contributed by atoms with Crippen LogP contribution in [0.2, 0.25) is 0 Å². The largest absolute Gasteiger partial charge is 0.355 e. The van der Waals surface area contributed by atoms with Crippen molar-refractivity contribution in [2.24, 2.45) is 0 Å². The number of nitro groups is 1. The highest BCUT2D eigenvalue weighted by Crippen LogP contribution is 2.17. The van der Waals surface area contributed by atoms with Crippen molar-refractivity contribution in [1.29, 1.82) is 0 Å². The smallest absolute Gasteiger partial charge is 0.285 e. The Morgan fingerprint density at radius 2 is 1.96 bits per heavy atom. The number of rotatable bonds is 8. The van der Waals surface area contributed by atoms with Gasteiger partial charge in [-0.05, 0) is 24.3 Å². The number of hydrogen-bond donors (Lipinski definition) is 1. The van der Waals surface area contributed by atoms with Crippen molar-refractivity contribution in [1.82, 2.24) is 9.88 Å². The van der Waals surface area contributed by atoms with Gasteiger partial charge in [-0.2, -0.15) is 0 Å². The van der Waals surface area contributed by atoms with Crippen LogP contribution in [0.15, 0.2) is 58.4 Å². The third-order valence-electron chi connectivity index (χ3n) is 3.15. The van der Waals surface area contributed by atoms with Gasteiger partial charge in [0.05, 0.1) is 11.1 Å². The number of benzene rings is 1. The molecule has 1 amide bonds. The van der Waals surface area contributed by atoms with Gasteiger partial charge in [-0.15, -0.1) is 11.8 Å². The summed E-state index contributed by atoms with van der Waals surface area (Å²) in [6.45, 7) is 0.259. The number of hydrogen-bond acceptors (Lipinski definition) is 5. The second-order valence-corrected chi connectivity index (χ2v) is 6.14. The minimum atomic E-state index is -0.603. The molecule has 0 atom stereocenters. The molecule has 0 aliphatic rings. The van der Waals surface area contributed by atoms with Crippen LogP contribution in [0.25, 0.3) is 0 Å². The average molecular weight is 347 g/mol. The van der Waals surface area contributed by atoms with Crippen LogP contribution in [0, 0.1) is 10.1 Å². The minimum absolute atomic E-state index is 0.221. The lowest BCUT2D eigenvalue weighted by Crippen LogP contribution is -2.32. The molecule has 8 heteroatoms.